The number of benzene rings is 3. The number of aromatic nitrogens is 2. The van der Waals surface area contributed by atoms with E-state index in [2.05, 4.69) is 10.4 Å². The summed E-state index contributed by atoms with van der Waals surface area (Å²) in [6.07, 6.45) is 0. The molecule has 1 aromatic heterocycles. The van der Waals surface area contributed by atoms with Crippen LogP contribution >= 0.6 is 34.8 Å². The van der Waals surface area contributed by atoms with Gasteiger partial charge in [-0.2, -0.15) is 5.10 Å². The zero-order valence-electron chi connectivity index (χ0n) is 19.5. The van der Waals surface area contributed by atoms with Gasteiger partial charge in [0.25, 0.3) is 5.91 Å². The van der Waals surface area contributed by atoms with Gasteiger partial charge in [0.1, 0.15) is 12.4 Å². The lowest BCUT2D eigenvalue weighted by Gasteiger charge is -2.10. The lowest BCUT2D eigenvalue weighted by atomic mass is 10.1. The number of rotatable bonds is 7. The molecular weight excluding hydrogens is 505 g/mol. The van der Waals surface area contributed by atoms with Crippen molar-refractivity contribution in [2.75, 3.05) is 5.32 Å². The van der Waals surface area contributed by atoms with Crippen molar-refractivity contribution < 1.29 is 9.53 Å². The van der Waals surface area contributed by atoms with Crippen LogP contribution in [0.2, 0.25) is 15.1 Å². The van der Waals surface area contributed by atoms with E-state index in [1.807, 2.05) is 57.2 Å². The molecule has 0 atom stereocenters. The second-order valence-corrected chi connectivity index (χ2v) is 9.60. The van der Waals surface area contributed by atoms with Gasteiger partial charge in [0.05, 0.1) is 6.54 Å². The minimum atomic E-state index is -0.240. The first kappa shape index (κ1) is 25.1. The van der Waals surface area contributed by atoms with Gasteiger partial charge in [-0.25, -0.2) is 0 Å². The Bertz CT molecular complexity index is 1360. The number of amides is 1. The van der Waals surface area contributed by atoms with Crippen LogP contribution in [0.1, 0.15) is 38.3 Å². The van der Waals surface area contributed by atoms with Crippen molar-refractivity contribution in [3.63, 3.8) is 0 Å². The first-order valence-electron chi connectivity index (χ1n) is 11.0. The van der Waals surface area contributed by atoms with Crippen molar-refractivity contribution in [1.82, 2.24) is 9.78 Å². The lowest BCUT2D eigenvalue weighted by Crippen LogP contribution is -2.13. The Morgan fingerprint density at radius 1 is 0.943 bits per heavy atom. The summed E-state index contributed by atoms with van der Waals surface area (Å²) in [5, 5.41) is 9.26. The van der Waals surface area contributed by atoms with Gasteiger partial charge in [-0.3, -0.25) is 9.48 Å². The highest BCUT2D eigenvalue weighted by atomic mass is 35.5. The fraction of sp³-hybridized carbons (Fsp3) is 0.185. The van der Waals surface area contributed by atoms with E-state index in [9.17, 15) is 4.79 Å². The van der Waals surface area contributed by atoms with Gasteiger partial charge in [0.2, 0.25) is 0 Å². The van der Waals surface area contributed by atoms with Gasteiger partial charge in [-0.1, -0.05) is 53.0 Å². The second kappa shape index (κ2) is 10.7. The Morgan fingerprint density at radius 2 is 1.63 bits per heavy atom. The van der Waals surface area contributed by atoms with Crippen molar-refractivity contribution in [3.05, 3.63) is 109 Å². The van der Waals surface area contributed by atoms with E-state index in [0.717, 1.165) is 38.7 Å². The molecule has 8 heteroatoms. The third-order valence-electron chi connectivity index (χ3n) is 5.59. The number of carbonyl (C=O) groups excluding carboxylic acids is 1. The van der Waals surface area contributed by atoms with E-state index in [1.165, 1.54) is 0 Å². The Hall–Kier alpha value is -2.99. The van der Waals surface area contributed by atoms with Crippen LogP contribution in [-0.4, -0.2) is 15.7 Å². The van der Waals surface area contributed by atoms with Crippen LogP contribution in [0.4, 0.5) is 5.82 Å². The summed E-state index contributed by atoms with van der Waals surface area (Å²) in [5.74, 6) is 0.992. The topological polar surface area (TPSA) is 56.1 Å². The Balaban J connectivity index is 1.37. The van der Waals surface area contributed by atoms with E-state index in [-0.39, 0.29) is 5.91 Å². The SMILES string of the molecule is Cc1cc(OCc2ccc(C(=O)Nc3cc(C)n(Cc4ccc(Cl)cc4Cl)n3)cc2)cc(C)c1Cl. The van der Waals surface area contributed by atoms with Crippen molar-refractivity contribution in [2.45, 2.75) is 33.9 Å². The van der Waals surface area contributed by atoms with Gasteiger partial charge >= 0.3 is 0 Å². The standard InChI is InChI=1S/C27H24Cl3N3O2/c1-16-10-23(11-17(2)26(16)30)35-15-19-4-6-20(7-5-19)27(34)31-25-12-18(3)33(32-25)14-21-8-9-22(28)13-24(21)29/h4-13H,14-15H2,1-3H3,(H,31,32,34). The number of hydrogen-bond donors (Lipinski definition) is 1. The van der Waals surface area contributed by atoms with Crippen molar-refractivity contribution >= 4 is 46.5 Å². The Labute approximate surface area is 219 Å². The zero-order chi connectivity index (χ0) is 25.1. The smallest absolute Gasteiger partial charge is 0.256 e. The van der Waals surface area contributed by atoms with Crippen LogP contribution < -0.4 is 10.1 Å². The highest BCUT2D eigenvalue weighted by Crippen LogP contribution is 2.26. The molecule has 0 fully saturated rings. The number of nitrogens with one attached hydrogen (secondary N) is 1. The van der Waals surface area contributed by atoms with E-state index in [0.29, 0.717) is 34.6 Å². The van der Waals surface area contributed by atoms with Gasteiger partial charge in [-0.05, 0) is 79.4 Å². The van der Waals surface area contributed by atoms with E-state index < -0.39 is 0 Å². The first-order valence-corrected chi connectivity index (χ1v) is 12.1. The monoisotopic (exact) mass is 527 g/mol. The summed E-state index contributed by atoms with van der Waals surface area (Å²) in [4.78, 5) is 12.7. The molecule has 0 spiro atoms. The molecule has 0 aliphatic heterocycles. The van der Waals surface area contributed by atoms with Crippen LogP contribution in [0.5, 0.6) is 5.75 Å². The number of halogens is 3. The predicted octanol–water partition coefficient (Wildman–Crippen LogP) is 7.65. The summed E-state index contributed by atoms with van der Waals surface area (Å²) < 4.78 is 7.68. The summed E-state index contributed by atoms with van der Waals surface area (Å²) in [7, 11) is 0. The molecule has 0 radical (unpaired) electrons. The van der Waals surface area contributed by atoms with Crippen LogP contribution in [0.15, 0.2) is 60.7 Å². The zero-order valence-corrected chi connectivity index (χ0v) is 21.8. The third kappa shape index (κ3) is 6.17. The van der Waals surface area contributed by atoms with Crippen LogP contribution in [0.3, 0.4) is 0 Å². The highest BCUT2D eigenvalue weighted by Gasteiger charge is 2.12. The summed E-state index contributed by atoms with van der Waals surface area (Å²) in [6.45, 7) is 6.68. The molecule has 3 aromatic carbocycles. The Kier molecular flexibility index (Phi) is 7.70. The van der Waals surface area contributed by atoms with E-state index >= 15 is 0 Å². The molecule has 0 bridgehead atoms. The number of anilines is 1. The first-order chi connectivity index (χ1) is 16.7. The molecule has 1 N–H and O–H groups in total. The van der Waals surface area contributed by atoms with Crippen molar-refractivity contribution in [1.29, 1.82) is 0 Å². The summed E-state index contributed by atoms with van der Waals surface area (Å²) in [6, 6.07) is 18.3. The lowest BCUT2D eigenvalue weighted by molar-refractivity contribution is 0.102. The van der Waals surface area contributed by atoms with Crippen LogP contribution in [-0.2, 0) is 13.2 Å². The molecule has 0 saturated carbocycles. The molecule has 0 aliphatic rings. The number of nitrogens with zero attached hydrogens (tertiary/aromatic N) is 2. The fourth-order valence-corrected chi connectivity index (χ4v) is 4.22. The molecular formula is C27H24Cl3N3O2. The number of ether oxygens (including phenoxy) is 1. The molecule has 0 aliphatic carbocycles. The second-order valence-electron chi connectivity index (χ2n) is 8.38. The quantitative estimate of drug-likeness (QED) is 0.268. The largest absolute Gasteiger partial charge is 0.489 e. The molecule has 35 heavy (non-hydrogen) atoms. The maximum absolute atomic E-state index is 12.7. The molecule has 0 unspecified atom stereocenters. The van der Waals surface area contributed by atoms with Gasteiger partial charge < -0.3 is 10.1 Å². The molecule has 5 nitrogen and oxygen atoms in total. The third-order valence-corrected chi connectivity index (χ3v) is 6.77. The molecule has 180 valence electrons. The average molecular weight is 529 g/mol. The van der Waals surface area contributed by atoms with Gasteiger partial charge in [-0.15, -0.1) is 0 Å². The molecule has 4 rings (SSSR count). The minimum absolute atomic E-state index is 0.240. The molecule has 4 aromatic rings. The van der Waals surface area contributed by atoms with E-state index in [4.69, 9.17) is 39.5 Å². The summed E-state index contributed by atoms with van der Waals surface area (Å²) in [5.41, 5.74) is 5.21. The number of hydrogen-bond acceptors (Lipinski definition) is 3. The molecule has 0 saturated heterocycles. The van der Waals surface area contributed by atoms with Crippen LogP contribution in [0, 0.1) is 20.8 Å². The number of carbonyl (C=O) groups is 1. The summed E-state index contributed by atoms with van der Waals surface area (Å²) >= 11 is 18.5. The molecule has 1 amide bonds. The fourth-order valence-electron chi connectivity index (χ4n) is 3.64. The van der Waals surface area contributed by atoms with E-state index in [1.54, 1.807) is 28.9 Å². The normalized spacial score (nSPS) is 10.9. The minimum Gasteiger partial charge on any atom is -0.489 e. The predicted molar refractivity (Wildman–Crippen MR) is 142 cm³/mol. The maximum Gasteiger partial charge on any atom is 0.256 e. The van der Waals surface area contributed by atoms with Gasteiger partial charge in [0, 0.05) is 32.4 Å². The highest BCUT2D eigenvalue weighted by molar-refractivity contribution is 6.35. The molecule has 1 heterocycles. The number of aryl methyl sites for hydroxylation is 3. The van der Waals surface area contributed by atoms with Crippen molar-refractivity contribution in [3.8, 4) is 5.75 Å². The maximum atomic E-state index is 12.7. The van der Waals surface area contributed by atoms with Crippen LogP contribution in [0.25, 0.3) is 0 Å². The Morgan fingerprint density at radius 3 is 2.29 bits per heavy atom. The average Bonchev–Trinajstić information content (AvgIpc) is 3.16. The van der Waals surface area contributed by atoms with Gasteiger partial charge in [0.15, 0.2) is 5.82 Å². The van der Waals surface area contributed by atoms with Crippen molar-refractivity contribution in [2.24, 2.45) is 0 Å².